The Hall–Kier alpha value is -3.16. The predicted molar refractivity (Wildman–Crippen MR) is 101 cm³/mol. The van der Waals surface area contributed by atoms with Crippen LogP contribution in [0, 0.1) is 0 Å². The van der Waals surface area contributed by atoms with Gasteiger partial charge in [0.15, 0.2) is 0 Å². The first kappa shape index (κ1) is 18.6. The summed E-state index contributed by atoms with van der Waals surface area (Å²) in [6.07, 6.45) is 4.99. The normalized spacial score (nSPS) is 14.6. The lowest BCUT2D eigenvalue weighted by Crippen LogP contribution is -2.37. The zero-order chi connectivity index (χ0) is 19.4. The van der Waals surface area contributed by atoms with Crippen LogP contribution in [0.4, 0.5) is 5.82 Å². The summed E-state index contributed by atoms with van der Waals surface area (Å²) in [6, 6.07) is 5.09. The van der Waals surface area contributed by atoms with Crippen LogP contribution in [-0.2, 0) is 0 Å². The van der Waals surface area contributed by atoms with E-state index >= 15 is 0 Å². The summed E-state index contributed by atoms with van der Waals surface area (Å²) < 4.78 is 0. The van der Waals surface area contributed by atoms with Gasteiger partial charge < -0.3 is 19.8 Å². The highest BCUT2D eigenvalue weighted by Gasteiger charge is 2.25. The molecule has 0 saturated carbocycles. The van der Waals surface area contributed by atoms with Gasteiger partial charge in [0.2, 0.25) is 0 Å². The third kappa shape index (κ3) is 4.16. The van der Waals surface area contributed by atoms with Crippen molar-refractivity contribution < 1.29 is 14.7 Å². The van der Waals surface area contributed by atoms with Crippen molar-refractivity contribution in [3.8, 4) is 5.75 Å². The van der Waals surface area contributed by atoms with Gasteiger partial charge in [0.25, 0.3) is 11.8 Å². The monoisotopic (exact) mass is 369 g/mol. The van der Waals surface area contributed by atoms with Gasteiger partial charge >= 0.3 is 0 Å². The number of aromatic hydroxyl groups is 1. The molecular weight excluding hydrogens is 346 g/mol. The molecule has 3 rings (SSSR count). The predicted octanol–water partition coefficient (Wildman–Crippen LogP) is 1.24. The van der Waals surface area contributed by atoms with Gasteiger partial charge in [-0.3, -0.25) is 14.6 Å². The summed E-state index contributed by atoms with van der Waals surface area (Å²) >= 11 is 0. The second-order valence-electron chi connectivity index (χ2n) is 6.63. The van der Waals surface area contributed by atoms with Gasteiger partial charge in [0.1, 0.15) is 11.6 Å². The molecule has 1 fully saturated rings. The summed E-state index contributed by atoms with van der Waals surface area (Å²) in [7, 11) is 3.79. The highest BCUT2D eigenvalue weighted by molar-refractivity contribution is 5.97. The molecule has 2 amide bonds. The van der Waals surface area contributed by atoms with E-state index in [0.29, 0.717) is 38.2 Å². The maximum absolute atomic E-state index is 12.8. The summed E-state index contributed by atoms with van der Waals surface area (Å²) in [5.74, 6) is 0.318. The lowest BCUT2D eigenvalue weighted by molar-refractivity contribution is 0.0716. The van der Waals surface area contributed by atoms with Crippen molar-refractivity contribution in [3.05, 3.63) is 47.9 Å². The molecule has 0 unspecified atom stereocenters. The van der Waals surface area contributed by atoms with Gasteiger partial charge in [-0.15, -0.1) is 0 Å². The van der Waals surface area contributed by atoms with E-state index in [1.807, 2.05) is 25.1 Å². The molecule has 0 atom stereocenters. The number of hydrogen-bond acceptors (Lipinski definition) is 6. The van der Waals surface area contributed by atoms with Crippen LogP contribution in [-0.4, -0.2) is 77.0 Å². The number of anilines is 1. The number of aromatic nitrogens is 2. The molecule has 8 nitrogen and oxygen atoms in total. The second kappa shape index (κ2) is 8.03. The molecule has 0 aliphatic carbocycles. The molecular formula is C19H23N5O3. The average molecular weight is 369 g/mol. The van der Waals surface area contributed by atoms with E-state index in [1.54, 1.807) is 22.1 Å². The first-order chi connectivity index (χ1) is 13.0. The Morgan fingerprint density at radius 1 is 1.00 bits per heavy atom. The number of nitrogens with zero attached hydrogens (tertiary/aromatic N) is 5. The Morgan fingerprint density at radius 2 is 1.70 bits per heavy atom. The third-order valence-corrected chi connectivity index (χ3v) is 4.55. The molecule has 142 valence electrons. The Morgan fingerprint density at radius 3 is 2.30 bits per heavy atom. The maximum atomic E-state index is 12.8. The van der Waals surface area contributed by atoms with Gasteiger partial charge in [-0.1, -0.05) is 0 Å². The number of amides is 2. The number of pyridine rings is 2. The molecule has 8 heteroatoms. The standard InChI is InChI=1S/C19H23N5O3/c1-22(2)17-5-4-14(12-21-17)18(26)23-8-3-9-24(11-10-23)19(27)15-6-7-20-13-16(15)25/h4-7,12-13,25H,3,8-11H2,1-2H3. The van der Waals surface area contributed by atoms with E-state index in [-0.39, 0.29) is 23.1 Å². The van der Waals surface area contributed by atoms with Crippen LogP contribution in [0.3, 0.4) is 0 Å². The lowest BCUT2D eigenvalue weighted by Gasteiger charge is -2.22. The molecule has 1 saturated heterocycles. The molecule has 1 aliphatic rings. The van der Waals surface area contributed by atoms with Gasteiger partial charge in [-0.25, -0.2) is 4.98 Å². The second-order valence-corrected chi connectivity index (χ2v) is 6.63. The maximum Gasteiger partial charge on any atom is 0.257 e. The first-order valence-corrected chi connectivity index (χ1v) is 8.82. The van der Waals surface area contributed by atoms with E-state index in [1.165, 1.54) is 18.5 Å². The minimum absolute atomic E-state index is 0.0890. The van der Waals surface area contributed by atoms with Crippen LogP contribution in [0.2, 0.25) is 0 Å². The van der Waals surface area contributed by atoms with Crippen LogP contribution < -0.4 is 4.90 Å². The number of carbonyl (C=O) groups is 2. The number of carbonyl (C=O) groups excluding carboxylic acids is 2. The fraction of sp³-hybridized carbons (Fsp3) is 0.368. The molecule has 2 aromatic rings. The van der Waals surface area contributed by atoms with Crippen LogP contribution in [0.15, 0.2) is 36.8 Å². The topological polar surface area (TPSA) is 89.9 Å². The quantitative estimate of drug-likeness (QED) is 0.875. The van der Waals surface area contributed by atoms with Crippen LogP contribution in [0.25, 0.3) is 0 Å². The fourth-order valence-electron chi connectivity index (χ4n) is 3.02. The van der Waals surface area contributed by atoms with Gasteiger partial charge in [-0.2, -0.15) is 0 Å². The van der Waals surface area contributed by atoms with Gasteiger partial charge in [-0.05, 0) is 24.6 Å². The Kier molecular flexibility index (Phi) is 5.54. The Balaban J connectivity index is 1.66. The van der Waals surface area contributed by atoms with Crippen molar-refractivity contribution in [2.24, 2.45) is 0 Å². The molecule has 0 spiro atoms. The van der Waals surface area contributed by atoms with Gasteiger partial charge in [0, 0.05) is 52.7 Å². The summed E-state index contributed by atoms with van der Waals surface area (Å²) in [4.78, 5) is 38.8. The SMILES string of the molecule is CN(C)c1ccc(C(=O)N2CCCN(C(=O)c3ccncc3O)CC2)cn1. The lowest BCUT2D eigenvalue weighted by atomic mass is 10.2. The molecule has 0 aromatic carbocycles. The minimum Gasteiger partial charge on any atom is -0.505 e. The van der Waals surface area contributed by atoms with Crippen molar-refractivity contribution in [1.29, 1.82) is 0 Å². The smallest absolute Gasteiger partial charge is 0.257 e. The molecule has 1 aliphatic heterocycles. The minimum atomic E-state index is -0.249. The van der Waals surface area contributed by atoms with Crippen molar-refractivity contribution >= 4 is 17.6 Å². The number of rotatable bonds is 3. The molecule has 0 radical (unpaired) electrons. The Bertz CT molecular complexity index is 822. The van der Waals surface area contributed by atoms with Crippen molar-refractivity contribution in [3.63, 3.8) is 0 Å². The fourth-order valence-corrected chi connectivity index (χ4v) is 3.02. The molecule has 1 N–H and O–H groups in total. The number of hydrogen-bond donors (Lipinski definition) is 1. The Labute approximate surface area is 158 Å². The van der Waals surface area contributed by atoms with Crippen molar-refractivity contribution in [1.82, 2.24) is 19.8 Å². The summed E-state index contributed by atoms with van der Waals surface area (Å²) in [5, 5.41) is 9.85. The van der Waals surface area contributed by atoms with E-state index in [2.05, 4.69) is 9.97 Å². The van der Waals surface area contributed by atoms with Crippen LogP contribution >= 0.6 is 0 Å². The van der Waals surface area contributed by atoms with E-state index in [9.17, 15) is 14.7 Å². The highest BCUT2D eigenvalue weighted by atomic mass is 16.3. The van der Waals surface area contributed by atoms with Crippen molar-refractivity contribution in [2.75, 3.05) is 45.2 Å². The first-order valence-electron chi connectivity index (χ1n) is 8.82. The summed E-state index contributed by atoms with van der Waals surface area (Å²) in [6.45, 7) is 1.95. The third-order valence-electron chi connectivity index (χ3n) is 4.55. The molecule has 27 heavy (non-hydrogen) atoms. The molecule has 2 aromatic heterocycles. The van der Waals surface area contributed by atoms with Crippen LogP contribution in [0.5, 0.6) is 5.75 Å². The molecule has 0 bridgehead atoms. The zero-order valence-corrected chi connectivity index (χ0v) is 15.5. The van der Waals surface area contributed by atoms with Crippen molar-refractivity contribution in [2.45, 2.75) is 6.42 Å². The van der Waals surface area contributed by atoms with E-state index in [4.69, 9.17) is 0 Å². The zero-order valence-electron chi connectivity index (χ0n) is 15.5. The van der Waals surface area contributed by atoms with E-state index < -0.39 is 0 Å². The van der Waals surface area contributed by atoms with E-state index in [0.717, 1.165) is 5.82 Å². The van der Waals surface area contributed by atoms with Gasteiger partial charge in [0.05, 0.1) is 17.3 Å². The average Bonchev–Trinajstić information content (AvgIpc) is 2.93. The molecule has 3 heterocycles. The summed E-state index contributed by atoms with van der Waals surface area (Å²) in [5.41, 5.74) is 0.764. The van der Waals surface area contributed by atoms with Crippen LogP contribution in [0.1, 0.15) is 27.1 Å². The highest BCUT2D eigenvalue weighted by Crippen LogP contribution is 2.18. The largest absolute Gasteiger partial charge is 0.505 e.